The second-order valence-corrected chi connectivity index (χ2v) is 6.61. The number of hydrogen-bond donors (Lipinski definition) is 1. The third-order valence-corrected chi connectivity index (χ3v) is 5.06. The number of benzene rings is 2. The number of nitrogens with zero attached hydrogens (tertiary/aromatic N) is 1. The van der Waals surface area contributed by atoms with Crippen molar-refractivity contribution in [2.24, 2.45) is 5.92 Å². The normalized spacial score (nSPS) is 18.5. The molecule has 2 aromatic carbocycles. The van der Waals surface area contributed by atoms with Crippen molar-refractivity contribution in [3.63, 3.8) is 0 Å². The fraction of sp³-hybridized carbons (Fsp3) is 0.429. The highest BCUT2D eigenvalue weighted by atomic mass is 15.2. The Balaban J connectivity index is 1.92. The summed E-state index contributed by atoms with van der Waals surface area (Å²) in [7, 11) is 0. The first-order chi connectivity index (χ1) is 11.3. The number of nitrogens with one attached hydrogen (secondary N) is 1. The van der Waals surface area contributed by atoms with Crippen LogP contribution in [0.1, 0.15) is 31.9 Å². The Bertz CT molecular complexity index is 602. The molecule has 0 aromatic heterocycles. The summed E-state index contributed by atoms with van der Waals surface area (Å²) in [5.74, 6) is 0.666. The lowest BCUT2D eigenvalue weighted by Crippen LogP contribution is -2.46. The highest BCUT2D eigenvalue weighted by Crippen LogP contribution is 2.33. The highest BCUT2D eigenvalue weighted by Gasteiger charge is 2.26. The molecule has 0 bridgehead atoms. The highest BCUT2D eigenvalue weighted by molar-refractivity contribution is 5.64. The van der Waals surface area contributed by atoms with Crippen LogP contribution >= 0.6 is 0 Å². The molecule has 2 nitrogen and oxygen atoms in total. The van der Waals surface area contributed by atoms with Gasteiger partial charge in [0.15, 0.2) is 0 Å². The number of rotatable bonds is 5. The van der Waals surface area contributed by atoms with E-state index >= 15 is 0 Å². The van der Waals surface area contributed by atoms with Gasteiger partial charge in [0, 0.05) is 32.2 Å². The van der Waals surface area contributed by atoms with Crippen LogP contribution in [0.5, 0.6) is 0 Å². The van der Waals surface area contributed by atoms with Gasteiger partial charge in [0.1, 0.15) is 0 Å². The van der Waals surface area contributed by atoms with E-state index < -0.39 is 0 Å². The van der Waals surface area contributed by atoms with Crippen LogP contribution in [0.3, 0.4) is 0 Å². The summed E-state index contributed by atoms with van der Waals surface area (Å²) in [6.07, 6.45) is 1.21. The van der Waals surface area contributed by atoms with Gasteiger partial charge in [0.05, 0.1) is 0 Å². The average molecular weight is 308 g/mol. The Morgan fingerprint density at radius 1 is 0.957 bits per heavy atom. The molecule has 1 N–H and O–H groups in total. The first-order valence-corrected chi connectivity index (χ1v) is 8.89. The molecule has 2 atom stereocenters. The minimum absolute atomic E-state index is 0.519. The second kappa shape index (κ2) is 7.76. The van der Waals surface area contributed by atoms with E-state index in [1.165, 1.54) is 23.1 Å². The van der Waals surface area contributed by atoms with Crippen LogP contribution in [0.25, 0.3) is 11.1 Å². The third kappa shape index (κ3) is 3.82. The molecule has 1 aliphatic heterocycles. The van der Waals surface area contributed by atoms with Gasteiger partial charge in [0.2, 0.25) is 0 Å². The number of piperazine rings is 1. The molecule has 2 aromatic rings. The summed E-state index contributed by atoms with van der Waals surface area (Å²) in [5.41, 5.74) is 4.09. The first-order valence-electron chi connectivity index (χ1n) is 8.89. The molecular weight excluding hydrogens is 280 g/mol. The Morgan fingerprint density at radius 2 is 1.65 bits per heavy atom. The maximum Gasteiger partial charge on any atom is 0.0374 e. The molecular formula is C21H28N2. The lowest BCUT2D eigenvalue weighted by molar-refractivity contribution is 0.128. The Labute approximate surface area is 140 Å². The molecule has 1 saturated heterocycles. The van der Waals surface area contributed by atoms with Crippen molar-refractivity contribution in [2.75, 3.05) is 26.2 Å². The van der Waals surface area contributed by atoms with Gasteiger partial charge in [-0.05, 0) is 28.7 Å². The first kappa shape index (κ1) is 16.2. The summed E-state index contributed by atoms with van der Waals surface area (Å²) >= 11 is 0. The van der Waals surface area contributed by atoms with Gasteiger partial charge < -0.3 is 5.32 Å². The number of hydrogen-bond acceptors (Lipinski definition) is 2. The van der Waals surface area contributed by atoms with E-state index in [1.54, 1.807) is 0 Å². The molecule has 1 aliphatic rings. The van der Waals surface area contributed by atoms with Crippen molar-refractivity contribution >= 4 is 0 Å². The van der Waals surface area contributed by atoms with Crippen molar-refractivity contribution < 1.29 is 0 Å². The summed E-state index contributed by atoms with van der Waals surface area (Å²) in [6.45, 7) is 9.19. The summed E-state index contributed by atoms with van der Waals surface area (Å²) in [6, 6.07) is 20.4. The zero-order valence-electron chi connectivity index (χ0n) is 14.3. The molecule has 1 unspecified atom stereocenters. The van der Waals surface area contributed by atoms with E-state index in [4.69, 9.17) is 0 Å². The van der Waals surface area contributed by atoms with Crippen LogP contribution in [0.15, 0.2) is 54.6 Å². The second-order valence-electron chi connectivity index (χ2n) is 6.61. The molecule has 0 aliphatic carbocycles. The fourth-order valence-electron chi connectivity index (χ4n) is 3.62. The van der Waals surface area contributed by atoms with Crippen LogP contribution in [0, 0.1) is 5.92 Å². The molecule has 1 fully saturated rings. The molecule has 0 amide bonds. The molecule has 2 heteroatoms. The maximum absolute atomic E-state index is 3.47. The van der Waals surface area contributed by atoms with Gasteiger partial charge in [-0.2, -0.15) is 0 Å². The monoisotopic (exact) mass is 308 g/mol. The lowest BCUT2D eigenvalue weighted by atomic mass is 9.89. The van der Waals surface area contributed by atoms with E-state index in [2.05, 4.69) is 78.7 Å². The summed E-state index contributed by atoms with van der Waals surface area (Å²) in [5, 5.41) is 3.47. The van der Waals surface area contributed by atoms with Gasteiger partial charge in [-0.15, -0.1) is 0 Å². The van der Waals surface area contributed by atoms with Gasteiger partial charge in [-0.1, -0.05) is 68.8 Å². The fourth-order valence-corrected chi connectivity index (χ4v) is 3.62. The zero-order valence-corrected chi connectivity index (χ0v) is 14.3. The lowest BCUT2D eigenvalue weighted by Gasteiger charge is -2.38. The van der Waals surface area contributed by atoms with Crippen LogP contribution < -0.4 is 5.32 Å². The molecule has 122 valence electrons. The van der Waals surface area contributed by atoms with Crippen LogP contribution in [-0.4, -0.2) is 31.1 Å². The van der Waals surface area contributed by atoms with E-state index in [0.29, 0.717) is 12.0 Å². The van der Waals surface area contributed by atoms with Crippen LogP contribution in [0.4, 0.5) is 0 Å². The summed E-state index contributed by atoms with van der Waals surface area (Å²) < 4.78 is 0. The van der Waals surface area contributed by atoms with Crippen molar-refractivity contribution in [1.82, 2.24) is 10.2 Å². The average Bonchev–Trinajstić information content (AvgIpc) is 2.64. The van der Waals surface area contributed by atoms with Crippen molar-refractivity contribution in [1.29, 1.82) is 0 Å². The van der Waals surface area contributed by atoms with Gasteiger partial charge in [0.25, 0.3) is 0 Å². The van der Waals surface area contributed by atoms with E-state index in [0.717, 1.165) is 26.2 Å². The van der Waals surface area contributed by atoms with Gasteiger partial charge >= 0.3 is 0 Å². The molecule has 1 heterocycles. The third-order valence-electron chi connectivity index (χ3n) is 5.06. The minimum Gasteiger partial charge on any atom is -0.314 e. The van der Waals surface area contributed by atoms with E-state index in [1.807, 2.05) is 0 Å². The Kier molecular flexibility index (Phi) is 5.47. The van der Waals surface area contributed by atoms with Gasteiger partial charge in [-0.3, -0.25) is 4.90 Å². The summed E-state index contributed by atoms with van der Waals surface area (Å²) in [4.78, 5) is 2.66. The van der Waals surface area contributed by atoms with Crippen molar-refractivity contribution in [3.8, 4) is 11.1 Å². The Morgan fingerprint density at radius 3 is 2.35 bits per heavy atom. The van der Waals surface area contributed by atoms with Gasteiger partial charge in [-0.25, -0.2) is 0 Å². The molecule has 3 rings (SSSR count). The predicted octanol–water partition coefficient (Wildman–Crippen LogP) is 4.35. The predicted molar refractivity (Wildman–Crippen MR) is 98.5 cm³/mol. The van der Waals surface area contributed by atoms with E-state index in [-0.39, 0.29) is 0 Å². The molecule has 23 heavy (non-hydrogen) atoms. The largest absolute Gasteiger partial charge is 0.314 e. The standard InChI is InChI=1S/C21H28N2/c1-3-17(2)21(23-14-12-22-13-15-23)20-11-7-10-19(16-20)18-8-5-4-6-9-18/h4-11,16-17,21-22H,3,12-15H2,1-2H3/t17?,21-/m0/s1. The van der Waals surface area contributed by atoms with Crippen molar-refractivity contribution in [2.45, 2.75) is 26.3 Å². The molecule has 0 saturated carbocycles. The smallest absolute Gasteiger partial charge is 0.0374 e. The molecule has 0 spiro atoms. The zero-order chi connectivity index (χ0) is 16.1. The topological polar surface area (TPSA) is 15.3 Å². The maximum atomic E-state index is 3.47. The molecule has 0 radical (unpaired) electrons. The minimum atomic E-state index is 0.519. The van der Waals surface area contributed by atoms with Crippen LogP contribution in [0.2, 0.25) is 0 Å². The Hall–Kier alpha value is -1.64. The van der Waals surface area contributed by atoms with Crippen LogP contribution in [-0.2, 0) is 0 Å². The quantitative estimate of drug-likeness (QED) is 0.883. The van der Waals surface area contributed by atoms with E-state index in [9.17, 15) is 0 Å². The van der Waals surface area contributed by atoms with Crippen molar-refractivity contribution in [3.05, 3.63) is 60.2 Å². The SMILES string of the molecule is CCC(C)[C@@H](c1cccc(-c2ccccc2)c1)N1CCNCC1.